The highest BCUT2D eigenvalue weighted by Gasteiger charge is 2.08. The van der Waals surface area contributed by atoms with Crippen LogP contribution < -0.4 is 0 Å². The van der Waals surface area contributed by atoms with E-state index in [0.29, 0.717) is 0 Å². The SMILES string of the molecule is C(=C/N1CCOCC1)/N1CCOCC1. The van der Waals surface area contributed by atoms with Crippen molar-refractivity contribution in [3.05, 3.63) is 12.4 Å². The molecule has 0 aromatic heterocycles. The molecule has 0 aromatic rings. The van der Waals surface area contributed by atoms with E-state index in [1.807, 2.05) is 0 Å². The molecule has 0 radical (unpaired) electrons. The second kappa shape index (κ2) is 5.22. The molecule has 0 bridgehead atoms. The van der Waals surface area contributed by atoms with E-state index in [1.165, 1.54) is 0 Å². The Balaban J connectivity index is 1.73. The van der Waals surface area contributed by atoms with Crippen LogP contribution in [0.4, 0.5) is 0 Å². The maximum absolute atomic E-state index is 5.28. The molecule has 2 rings (SSSR count). The van der Waals surface area contributed by atoms with Crippen LogP contribution in [0.3, 0.4) is 0 Å². The van der Waals surface area contributed by atoms with Gasteiger partial charge in [-0.3, -0.25) is 0 Å². The Kier molecular flexibility index (Phi) is 3.65. The van der Waals surface area contributed by atoms with Crippen LogP contribution in [0.15, 0.2) is 12.4 Å². The summed E-state index contributed by atoms with van der Waals surface area (Å²) in [5.74, 6) is 0. The van der Waals surface area contributed by atoms with E-state index >= 15 is 0 Å². The fourth-order valence-corrected chi connectivity index (χ4v) is 1.64. The molecule has 2 heterocycles. The minimum absolute atomic E-state index is 0.855. The van der Waals surface area contributed by atoms with E-state index in [-0.39, 0.29) is 0 Å². The lowest BCUT2D eigenvalue weighted by molar-refractivity contribution is 0.0513. The van der Waals surface area contributed by atoms with Gasteiger partial charge < -0.3 is 19.3 Å². The lowest BCUT2D eigenvalue weighted by atomic mass is 10.4. The maximum atomic E-state index is 5.28. The highest BCUT2D eigenvalue weighted by atomic mass is 16.5. The van der Waals surface area contributed by atoms with Crippen molar-refractivity contribution >= 4 is 0 Å². The average Bonchev–Trinajstić information content (AvgIpc) is 2.29. The number of hydrogen-bond donors (Lipinski definition) is 0. The molecule has 4 heteroatoms. The van der Waals surface area contributed by atoms with E-state index in [0.717, 1.165) is 52.6 Å². The first kappa shape index (κ1) is 9.80. The van der Waals surface area contributed by atoms with Crippen molar-refractivity contribution in [3.63, 3.8) is 0 Å². The van der Waals surface area contributed by atoms with Crippen LogP contribution in [0.1, 0.15) is 0 Å². The van der Waals surface area contributed by atoms with Gasteiger partial charge in [0.15, 0.2) is 0 Å². The monoisotopic (exact) mass is 198 g/mol. The van der Waals surface area contributed by atoms with Crippen molar-refractivity contribution in [1.82, 2.24) is 9.80 Å². The predicted molar refractivity (Wildman–Crippen MR) is 53.9 cm³/mol. The average molecular weight is 198 g/mol. The normalized spacial score (nSPS) is 24.6. The van der Waals surface area contributed by atoms with E-state index in [4.69, 9.17) is 9.47 Å². The van der Waals surface area contributed by atoms with Crippen molar-refractivity contribution in [2.75, 3.05) is 52.6 Å². The highest BCUT2D eigenvalue weighted by Crippen LogP contribution is 2.01. The summed E-state index contributed by atoms with van der Waals surface area (Å²) in [4.78, 5) is 4.61. The van der Waals surface area contributed by atoms with Crippen molar-refractivity contribution in [3.8, 4) is 0 Å². The zero-order valence-electron chi connectivity index (χ0n) is 8.52. The topological polar surface area (TPSA) is 24.9 Å². The molecule has 14 heavy (non-hydrogen) atoms. The van der Waals surface area contributed by atoms with Crippen LogP contribution in [0.2, 0.25) is 0 Å². The number of morpholine rings is 2. The van der Waals surface area contributed by atoms with Crippen LogP contribution in [-0.4, -0.2) is 62.4 Å². The van der Waals surface area contributed by atoms with Crippen molar-refractivity contribution < 1.29 is 9.47 Å². The van der Waals surface area contributed by atoms with Crippen LogP contribution in [-0.2, 0) is 9.47 Å². The Bertz CT molecular complexity index is 165. The fourth-order valence-electron chi connectivity index (χ4n) is 1.64. The number of rotatable bonds is 2. The Morgan fingerprint density at radius 2 is 1.00 bits per heavy atom. The molecule has 2 fully saturated rings. The summed E-state index contributed by atoms with van der Waals surface area (Å²) in [5.41, 5.74) is 0. The molecule has 0 N–H and O–H groups in total. The van der Waals surface area contributed by atoms with E-state index in [9.17, 15) is 0 Å². The number of ether oxygens (including phenoxy) is 2. The maximum Gasteiger partial charge on any atom is 0.0642 e. The lowest BCUT2D eigenvalue weighted by Gasteiger charge is -2.28. The molecule has 2 aliphatic heterocycles. The fraction of sp³-hybridized carbons (Fsp3) is 0.800. The van der Waals surface area contributed by atoms with E-state index < -0.39 is 0 Å². The summed E-state index contributed by atoms with van der Waals surface area (Å²) in [6.07, 6.45) is 4.35. The van der Waals surface area contributed by atoms with Gasteiger partial charge >= 0.3 is 0 Å². The molecule has 0 aliphatic carbocycles. The summed E-state index contributed by atoms with van der Waals surface area (Å²) in [6, 6.07) is 0. The molecule has 4 nitrogen and oxygen atoms in total. The quantitative estimate of drug-likeness (QED) is 0.629. The summed E-state index contributed by atoms with van der Waals surface area (Å²) in [7, 11) is 0. The van der Waals surface area contributed by atoms with Gasteiger partial charge in [-0.05, 0) is 0 Å². The largest absolute Gasteiger partial charge is 0.378 e. The molecule has 0 saturated carbocycles. The van der Waals surface area contributed by atoms with E-state index in [1.54, 1.807) is 0 Å². The van der Waals surface area contributed by atoms with E-state index in [2.05, 4.69) is 22.2 Å². The molecular formula is C10H18N2O2. The third kappa shape index (κ3) is 2.89. The second-order valence-corrected chi connectivity index (χ2v) is 3.59. The first-order valence-corrected chi connectivity index (χ1v) is 5.27. The first-order valence-electron chi connectivity index (χ1n) is 5.27. The summed E-state index contributed by atoms with van der Waals surface area (Å²) in [6.45, 7) is 7.48. The zero-order valence-corrected chi connectivity index (χ0v) is 8.52. The van der Waals surface area contributed by atoms with Gasteiger partial charge in [0, 0.05) is 38.6 Å². The molecular weight excluding hydrogens is 180 g/mol. The molecule has 2 saturated heterocycles. The standard InChI is InChI=1S/C10H18N2O2/c1(11-3-7-13-8-4-11)2-12-5-9-14-10-6-12/h1-2H,3-10H2/b2-1-. The number of nitrogens with zero attached hydrogens (tertiary/aromatic N) is 2. The highest BCUT2D eigenvalue weighted by molar-refractivity contribution is 4.85. The second-order valence-electron chi connectivity index (χ2n) is 3.59. The van der Waals surface area contributed by atoms with Gasteiger partial charge in [0.25, 0.3) is 0 Å². The third-order valence-corrected chi connectivity index (χ3v) is 2.58. The molecule has 0 unspecified atom stereocenters. The van der Waals surface area contributed by atoms with Crippen LogP contribution >= 0.6 is 0 Å². The third-order valence-electron chi connectivity index (χ3n) is 2.58. The van der Waals surface area contributed by atoms with Crippen molar-refractivity contribution in [2.45, 2.75) is 0 Å². The Morgan fingerprint density at radius 3 is 1.36 bits per heavy atom. The van der Waals surface area contributed by atoms with Gasteiger partial charge in [-0.25, -0.2) is 0 Å². The van der Waals surface area contributed by atoms with Gasteiger partial charge in [0.05, 0.1) is 26.4 Å². The van der Waals surface area contributed by atoms with Crippen LogP contribution in [0, 0.1) is 0 Å². The summed E-state index contributed by atoms with van der Waals surface area (Å²) in [5, 5.41) is 0. The van der Waals surface area contributed by atoms with Gasteiger partial charge in [-0.2, -0.15) is 0 Å². The van der Waals surface area contributed by atoms with Gasteiger partial charge in [-0.15, -0.1) is 0 Å². The van der Waals surface area contributed by atoms with Crippen LogP contribution in [0.25, 0.3) is 0 Å². The minimum Gasteiger partial charge on any atom is -0.378 e. The molecule has 80 valence electrons. The van der Waals surface area contributed by atoms with Gasteiger partial charge in [-0.1, -0.05) is 0 Å². The van der Waals surface area contributed by atoms with Gasteiger partial charge in [0.2, 0.25) is 0 Å². The molecule has 0 amide bonds. The number of hydrogen-bond acceptors (Lipinski definition) is 4. The van der Waals surface area contributed by atoms with Crippen molar-refractivity contribution in [1.29, 1.82) is 0 Å². The molecule has 2 aliphatic rings. The minimum atomic E-state index is 0.855. The molecule has 0 atom stereocenters. The summed E-state index contributed by atoms with van der Waals surface area (Å²) >= 11 is 0. The zero-order chi connectivity index (χ0) is 9.64. The van der Waals surface area contributed by atoms with Crippen molar-refractivity contribution in [2.24, 2.45) is 0 Å². The summed E-state index contributed by atoms with van der Waals surface area (Å²) < 4.78 is 10.6. The lowest BCUT2D eigenvalue weighted by Crippen LogP contribution is -2.35. The Hall–Kier alpha value is -0.740. The van der Waals surface area contributed by atoms with Crippen LogP contribution in [0.5, 0.6) is 0 Å². The molecule has 0 spiro atoms. The first-order chi connectivity index (χ1) is 6.95. The predicted octanol–water partition coefficient (Wildman–Crippen LogP) is 0.122. The van der Waals surface area contributed by atoms with Gasteiger partial charge in [0.1, 0.15) is 0 Å². The molecule has 0 aromatic carbocycles. The smallest absolute Gasteiger partial charge is 0.0642 e. The Morgan fingerprint density at radius 1 is 0.643 bits per heavy atom. The Labute approximate surface area is 85.1 Å².